The van der Waals surface area contributed by atoms with E-state index in [2.05, 4.69) is 0 Å². The van der Waals surface area contributed by atoms with Gasteiger partial charge in [-0.15, -0.1) is 0 Å². The molecule has 0 aromatic heterocycles. The molecule has 1 rings (SSSR count). The Morgan fingerprint density at radius 1 is 1.00 bits per heavy atom. The Hall–Kier alpha value is -0.990. The summed E-state index contributed by atoms with van der Waals surface area (Å²) in [6, 6.07) is 3.99. The van der Waals surface area contributed by atoms with Crippen molar-refractivity contribution in [3.8, 4) is 0 Å². The summed E-state index contributed by atoms with van der Waals surface area (Å²) >= 11 is 0. The molecular formula is C8H9FO5S2. The summed E-state index contributed by atoms with van der Waals surface area (Å²) in [6.07, 6.45) is 0. The molecule has 0 aliphatic heterocycles. The molecule has 0 radical (unpaired) electrons. The van der Waals surface area contributed by atoms with E-state index in [0.717, 1.165) is 24.3 Å². The van der Waals surface area contributed by atoms with Gasteiger partial charge >= 0.3 is 0 Å². The summed E-state index contributed by atoms with van der Waals surface area (Å²) in [6.45, 7) is 0. The lowest BCUT2D eigenvalue weighted by Crippen LogP contribution is -2.16. The molecule has 0 fully saturated rings. The Morgan fingerprint density at radius 3 is 1.94 bits per heavy atom. The van der Waals surface area contributed by atoms with Crippen LogP contribution < -0.4 is 0 Å². The van der Waals surface area contributed by atoms with E-state index in [1.807, 2.05) is 0 Å². The van der Waals surface area contributed by atoms with Crippen LogP contribution in [0.5, 0.6) is 0 Å². The Balaban J connectivity index is 2.91. The average Bonchev–Trinajstić information content (AvgIpc) is 2.15. The van der Waals surface area contributed by atoms with Crippen molar-refractivity contribution in [1.82, 2.24) is 0 Å². The van der Waals surface area contributed by atoms with Crippen molar-refractivity contribution >= 4 is 20.0 Å². The molecule has 0 amide bonds. The van der Waals surface area contributed by atoms with Gasteiger partial charge in [0, 0.05) is 0 Å². The summed E-state index contributed by atoms with van der Waals surface area (Å²) in [5.41, 5.74) is 0. The quantitative estimate of drug-likeness (QED) is 0.634. The maximum Gasteiger partial charge on any atom is 0.265 e. The third-order valence-electron chi connectivity index (χ3n) is 1.78. The fourth-order valence-electron chi connectivity index (χ4n) is 0.975. The second kappa shape index (κ2) is 4.48. The van der Waals surface area contributed by atoms with E-state index in [1.54, 1.807) is 0 Å². The predicted molar refractivity (Wildman–Crippen MR) is 54.9 cm³/mol. The van der Waals surface area contributed by atoms with Gasteiger partial charge in [-0.25, -0.2) is 12.8 Å². The second-order valence-corrected chi connectivity index (χ2v) is 6.74. The van der Waals surface area contributed by atoms with E-state index in [9.17, 15) is 21.2 Å². The van der Waals surface area contributed by atoms with Crippen LogP contribution in [0.4, 0.5) is 4.39 Å². The number of hydrogen-bond donors (Lipinski definition) is 1. The first-order chi connectivity index (χ1) is 7.21. The summed E-state index contributed by atoms with van der Waals surface area (Å²) in [5.74, 6) is -2.21. The van der Waals surface area contributed by atoms with Crippen molar-refractivity contribution in [2.24, 2.45) is 0 Å². The molecule has 1 N–H and O–H groups in total. The molecule has 0 bridgehead atoms. The molecule has 5 nitrogen and oxygen atoms in total. The topological polar surface area (TPSA) is 88.5 Å². The molecule has 1 aromatic carbocycles. The van der Waals surface area contributed by atoms with Gasteiger partial charge in [0.15, 0.2) is 9.84 Å². The van der Waals surface area contributed by atoms with Crippen LogP contribution >= 0.6 is 0 Å². The monoisotopic (exact) mass is 268 g/mol. The number of hydrogen-bond acceptors (Lipinski definition) is 4. The first-order valence-electron chi connectivity index (χ1n) is 4.14. The molecule has 8 heteroatoms. The molecule has 90 valence electrons. The second-order valence-electron chi connectivity index (χ2n) is 3.06. The number of benzene rings is 1. The van der Waals surface area contributed by atoms with E-state index in [1.165, 1.54) is 0 Å². The van der Waals surface area contributed by atoms with Gasteiger partial charge in [0.25, 0.3) is 10.1 Å². The molecule has 0 atom stereocenters. The van der Waals surface area contributed by atoms with Crippen LogP contribution in [-0.2, 0) is 20.0 Å². The van der Waals surface area contributed by atoms with Crippen LogP contribution in [0.2, 0.25) is 0 Å². The molecule has 0 aliphatic rings. The van der Waals surface area contributed by atoms with Gasteiger partial charge in [0.05, 0.1) is 16.4 Å². The zero-order chi connectivity index (χ0) is 12.4. The Labute approximate surface area is 92.6 Å². The Kier molecular flexibility index (Phi) is 3.66. The van der Waals surface area contributed by atoms with Crippen molar-refractivity contribution in [2.75, 3.05) is 11.5 Å². The highest BCUT2D eigenvalue weighted by Gasteiger charge is 2.18. The van der Waals surface area contributed by atoms with Crippen molar-refractivity contribution in [2.45, 2.75) is 4.90 Å². The molecule has 16 heavy (non-hydrogen) atoms. The fourth-order valence-corrected chi connectivity index (χ4v) is 3.48. The van der Waals surface area contributed by atoms with Crippen LogP contribution in [0.15, 0.2) is 29.2 Å². The molecule has 0 aliphatic carbocycles. The average molecular weight is 268 g/mol. The van der Waals surface area contributed by atoms with Gasteiger partial charge in [-0.1, -0.05) is 0 Å². The maximum atomic E-state index is 12.5. The summed E-state index contributed by atoms with van der Waals surface area (Å²) < 4.78 is 64.7. The molecule has 0 saturated heterocycles. The van der Waals surface area contributed by atoms with Crippen LogP contribution in [0.25, 0.3) is 0 Å². The maximum absolute atomic E-state index is 12.5. The minimum Gasteiger partial charge on any atom is -0.286 e. The smallest absolute Gasteiger partial charge is 0.265 e. The third-order valence-corrected chi connectivity index (χ3v) is 4.49. The Morgan fingerprint density at radius 2 is 1.50 bits per heavy atom. The zero-order valence-electron chi connectivity index (χ0n) is 8.00. The summed E-state index contributed by atoms with van der Waals surface area (Å²) in [7, 11) is -8.14. The van der Waals surface area contributed by atoms with Crippen molar-refractivity contribution in [3.63, 3.8) is 0 Å². The van der Waals surface area contributed by atoms with E-state index in [-0.39, 0.29) is 4.90 Å². The third kappa shape index (κ3) is 3.87. The van der Waals surface area contributed by atoms with Gasteiger partial charge in [0.1, 0.15) is 5.82 Å². The van der Waals surface area contributed by atoms with Gasteiger partial charge in [-0.05, 0) is 24.3 Å². The molecule has 0 unspecified atom stereocenters. The number of sulfone groups is 1. The minimum absolute atomic E-state index is 0.183. The first kappa shape index (κ1) is 13.1. The molecule has 0 spiro atoms. The Bertz CT molecular complexity index is 559. The van der Waals surface area contributed by atoms with Gasteiger partial charge < -0.3 is 0 Å². The van der Waals surface area contributed by atoms with E-state index in [0.29, 0.717) is 0 Å². The highest BCUT2D eigenvalue weighted by atomic mass is 32.2. The van der Waals surface area contributed by atoms with Crippen molar-refractivity contribution in [1.29, 1.82) is 0 Å². The van der Waals surface area contributed by atoms with Crippen molar-refractivity contribution in [3.05, 3.63) is 30.1 Å². The van der Waals surface area contributed by atoms with Crippen LogP contribution in [0.1, 0.15) is 0 Å². The molecule has 0 heterocycles. The highest BCUT2D eigenvalue weighted by Crippen LogP contribution is 2.12. The first-order valence-corrected chi connectivity index (χ1v) is 7.40. The van der Waals surface area contributed by atoms with Crippen LogP contribution in [0.3, 0.4) is 0 Å². The number of rotatable bonds is 4. The molecule has 1 aromatic rings. The van der Waals surface area contributed by atoms with Crippen LogP contribution in [0, 0.1) is 5.82 Å². The minimum atomic E-state index is -4.33. The summed E-state index contributed by atoms with van der Waals surface area (Å²) in [5, 5.41) is 0. The standard InChI is InChI=1S/C8H9FO5S2/c9-7-1-3-8(4-2-7)15(10,11)5-6-16(12,13)14/h1-4H,5-6H2,(H,12,13,14). The lowest BCUT2D eigenvalue weighted by Gasteiger charge is -2.02. The lowest BCUT2D eigenvalue weighted by atomic mass is 10.4. The van der Waals surface area contributed by atoms with E-state index >= 15 is 0 Å². The molecule has 0 saturated carbocycles. The van der Waals surface area contributed by atoms with Gasteiger partial charge in [-0.2, -0.15) is 8.42 Å². The normalized spacial score (nSPS) is 12.6. The van der Waals surface area contributed by atoms with E-state index < -0.39 is 37.3 Å². The largest absolute Gasteiger partial charge is 0.286 e. The molecular weight excluding hydrogens is 259 g/mol. The summed E-state index contributed by atoms with van der Waals surface area (Å²) in [4.78, 5) is -0.183. The predicted octanol–water partition coefficient (Wildman–Crippen LogP) is 0.487. The number of halogens is 1. The SMILES string of the molecule is O=S(=O)(O)CCS(=O)(=O)c1ccc(F)cc1. The van der Waals surface area contributed by atoms with Gasteiger partial charge in [0.2, 0.25) is 0 Å². The highest BCUT2D eigenvalue weighted by molar-refractivity contribution is 7.93. The zero-order valence-corrected chi connectivity index (χ0v) is 9.63. The van der Waals surface area contributed by atoms with E-state index in [4.69, 9.17) is 4.55 Å². The van der Waals surface area contributed by atoms with Crippen LogP contribution in [-0.4, -0.2) is 32.9 Å². The lowest BCUT2D eigenvalue weighted by molar-refractivity contribution is 0.484. The van der Waals surface area contributed by atoms with Gasteiger partial charge in [-0.3, -0.25) is 4.55 Å². The fraction of sp³-hybridized carbons (Fsp3) is 0.250. The van der Waals surface area contributed by atoms with Crippen molar-refractivity contribution < 1.29 is 25.8 Å².